The molecule has 10 rings (SSSR count). The summed E-state index contributed by atoms with van der Waals surface area (Å²) in [5.41, 5.74) is 14.0. The van der Waals surface area contributed by atoms with Crippen molar-refractivity contribution >= 4 is 22.1 Å². The van der Waals surface area contributed by atoms with E-state index in [1.807, 2.05) is 0 Å². The maximum atomic E-state index is 5.30. The van der Waals surface area contributed by atoms with Gasteiger partial charge in [0, 0.05) is 27.0 Å². The average Bonchev–Trinajstić information content (AvgIpc) is 3.74. The van der Waals surface area contributed by atoms with E-state index in [1.54, 1.807) is 0 Å². The molecule has 0 aliphatic carbocycles. The zero-order valence-corrected chi connectivity index (χ0v) is 26.1. The van der Waals surface area contributed by atoms with E-state index in [2.05, 4.69) is 170 Å². The lowest BCUT2D eigenvalue weighted by molar-refractivity contribution is 1.35. The van der Waals surface area contributed by atoms with Gasteiger partial charge in [-0.3, -0.25) is 0 Å². The number of fused-ring (bicyclic) bond motifs is 8. The molecule has 0 saturated heterocycles. The zero-order valence-electron chi connectivity index (χ0n) is 26.1. The molecular formula is C46H28N2. The van der Waals surface area contributed by atoms with Crippen molar-refractivity contribution in [3.05, 3.63) is 191 Å². The van der Waals surface area contributed by atoms with Crippen molar-refractivity contribution in [1.82, 2.24) is 0 Å². The number of hydrogen-bond acceptors (Lipinski definition) is 2. The Morgan fingerprint density at radius 2 is 0.833 bits per heavy atom. The minimum atomic E-state index is 0.985. The Morgan fingerprint density at radius 3 is 1.58 bits per heavy atom. The molecule has 0 atom stereocenters. The summed E-state index contributed by atoms with van der Waals surface area (Å²) in [6, 6.07) is 60.9. The monoisotopic (exact) mass is 608 g/mol. The number of hydrogen-bond donors (Lipinski definition) is 0. The predicted octanol–water partition coefficient (Wildman–Crippen LogP) is 11.0. The van der Waals surface area contributed by atoms with Crippen LogP contribution >= 0.6 is 0 Å². The van der Waals surface area contributed by atoms with Crippen LogP contribution in [0.25, 0.3) is 66.4 Å². The van der Waals surface area contributed by atoms with Crippen molar-refractivity contribution in [2.45, 2.75) is 0 Å². The standard InChI is InChI=1S/C46H28N2/c1-3-13-29(14-4-1)31-17-7-8-18-33(31)34-19-9-10-21-36(34)43-32(30-15-5-2-6-16-30)23-25-39-37(43)24-26-40-44-42(48-45(39)40)28-27-38-35-20-11-12-22-41(35)47-46(38)44/h1-28H. The van der Waals surface area contributed by atoms with Crippen LogP contribution in [0.4, 0.5) is 11.4 Å². The molecule has 2 aliphatic rings. The van der Waals surface area contributed by atoms with Gasteiger partial charge < -0.3 is 0 Å². The smallest absolute Gasteiger partial charge is 0.0817 e. The fourth-order valence-electron chi connectivity index (χ4n) is 7.70. The maximum absolute atomic E-state index is 5.30. The molecule has 0 N–H and O–H groups in total. The first-order valence-electron chi connectivity index (χ1n) is 16.4. The highest BCUT2D eigenvalue weighted by Gasteiger charge is 2.21. The second-order valence-corrected chi connectivity index (χ2v) is 12.5. The molecule has 0 amide bonds. The van der Waals surface area contributed by atoms with Gasteiger partial charge in [0.15, 0.2) is 0 Å². The van der Waals surface area contributed by atoms with Crippen molar-refractivity contribution in [2.75, 3.05) is 0 Å². The molecule has 48 heavy (non-hydrogen) atoms. The molecule has 0 fully saturated rings. The van der Waals surface area contributed by atoms with Crippen molar-refractivity contribution in [1.29, 1.82) is 0 Å². The Balaban J connectivity index is 1.29. The molecule has 0 unspecified atom stereocenters. The summed E-state index contributed by atoms with van der Waals surface area (Å²) in [4.78, 5) is 10.4. The van der Waals surface area contributed by atoms with Crippen LogP contribution in [-0.2, 0) is 0 Å². The van der Waals surface area contributed by atoms with Crippen LogP contribution in [-0.4, -0.2) is 0 Å². The average molecular weight is 609 g/mol. The van der Waals surface area contributed by atoms with Gasteiger partial charge in [-0.05, 0) is 68.1 Å². The minimum absolute atomic E-state index is 0.985. The first-order valence-corrected chi connectivity index (χ1v) is 16.4. The van der Waals surface area contributed by atoms with Crippen LogP contribution in [0, 0.1) is 10.4 Å². The molecule has 222 valence electrons. The van der Waals surface area contributed by atoms with E-state index in [9.17, 15) is 0 Å². The zero-order chi connectivity index (χ0) is 31.6. The number of nitrogens with zero attached hydrogens (tertiary/aromatic N) is 2. The second-order valence-electron chi connectivity index (χ2n) is 12.5. The third-order valence-electron chi connectivity index (χ3n) is 9.84. The Kier molecular flexibility index (Phi) is 5.91. The van der Waals surface area contributed by atoms with Crippen LogP contribution in [0.1, 0.15) is 0 Å². The highest BCUT2D eigenvalue weighted by molar-refractivity contribution is 6.08. The molecule has 8 aromatic carbocycles. The van der Waals surface area contributed by atoms with Crippen LogP contribution in [0.2, 0.25) is 0 Å². The molecule has 2 aliphatic heterocycles. The van der Waals surface area contributed by atoms with Gasteiger partial charge in [-0.25, -0.2) is 9.98 Å². The third-order valence-corrected chi connectivity index (χ3v) is 9.84. The fraction of sp³-hybridized carbons (Fsp3) is 0. The van der Waals surface area contributed by atoms with E-state index < -0.39 is 0 Å². The van der Waals surface area contributed by atoms with Crippen molar-refractivity contribution in [3.63, 3.8) is 0 Å². The summed E-state index contributed by atoms with van der Waals surface area (Å²) in [6.45, 7) is 0. The fourth-order valence-corrected chi connectivity index (χ4v) is 7.70. The van der Waals surface area contributed by atoms with Crippen LogP contribution in [0.3, 0.4) is 0 Å². The maximum Gasteiger partial charge on any atom is 0.0817 e. The summed E-state index contributed by atoms with van der Waals surface area (Å²) in [6.07, 6.45) is 0. The molecule has 0 bridgehead atoms. The van der Waals surface area contributed by atoms with Crippen molar-refractivity contribution in [3.8, 4) is 55.6 Å². The molecule has 0 saturated carbocycles. The van der Waals surface area contributed by atoms with Crippen LogP contribution in [0.5, 0.6) is 0 Å². The number of para-hydroxylation sites is 1. The van der Waals surface area contributed by atoms with Gasteiger partial charge in [0.25, 0.3) is 0 Å². The van der Waals surface area contributed by atoms with Gasteiger partial charge in [0.2, 0.25) is 0 Å². The normalized spacial score (nSPS) is 12.1. The number of benzene rings is 8. The highest BCUT2D eigenvalue weighted by atomic mass is 14.8. The van der Waals surface area contributed by atoms with Gasteiger partial charge in [-0.1, -0.05) is 152 Å². The lowest BCUT2D eigenvalue weighted by Crippen LogP contribution is -2.07. The Labute approximate surface area is 278 Å². The highest BCUT2D eigenvalue weighted by Crippen LogP contribution is 2.44. The summed E-state index contributed by atoms with van der Waals surface area (Å²) in [5, 5.41) is 6.66. The molecule has 2 heterocycles. The Hall–Kier alpha value is -6.38. The molecule has 2 heteroatoms. The van der Waals surface area contributed by atoms with Gasteiger partial charge >= 0.3 is 0 Å². The summed E-state index contributed by atoms with van der Waals surface area (Å²) in [5.74, 6) is 0. The summed E-state index contributed by atoms with van der Waals surface area (Å²) in [7, 11) is 0. The first-order chi connectivity index (χ1) is 23.8. The molecule has 0 aromatic heterocycles. The van der Waals surface area contributed by atoms with Crippen LogP contribution < -0.4 is 10.7 Å². The molecular weight excluding hydrogens is 581 g/mol. The predicted molar refractivity (Wildman–Crippen MR) is 197 cm³/mol. The van der Waals surface area contributed by atoms with E-state index >= 15 is 0 Å². The molecule has 2 nitrogen and oxygen atoms in total. The van der Waals surface area contributed by atoms with E-state index in [1.165, 1.54) is 61.0 Å². The third kappa shape index (κ3) is 4.00. The van der Waals surface area contributed by atoms with Crippen molar-refractivity contribution < 1.29 is 0 Å². The lowest BCUT2D eigenvalue weighted by Gasteiger charge is -2.19. The molecule has 0 spiro atoms. The van der Waals surface area contributed by atoms with E-state index in [4.69, 9.17) is 9.98 Å². The van der Waals surface area contributed by atoms with E-state index in [0.29, 0.717) is 0 Å². The van der Waals surface area contributed by atoms with Crippen LogP contribution in [0.15, 0.2) is 180 Å². The van der Waals surface area contributed by atoms with E-state index in [0.717, 1.165) is 37.9 Å². The Morgan fingerprint density at radius 1 is 0.292 bits per heavy atom. The van der Waals surface area contributed by atoms with Gasteiger partial charge in [0.1, 0.15) is 0 Å². The SMILES string of the molecule is c1ccc(-c2ccccc2-c2ccccc2-c2c(-c3ccccc3)ccc3c4c(ccc23)=c2c(ccc3c2=Nc2ccccc2-3)N=4)cc1. The number of rotatable bonds is 4. The second kappa shape index (κ2) is 10.6. The quantitative estimate of drug-likeness (QED) is 0.190. The summed E-state index contributed by atoms with van der Waals surface area (Å²) < 4.78 is 0. The minimum Gasteiger partial charge on any atom is -0.247 e. The van der Waals surface area contributed by atoms with Gasteiger partial charge in [0.05, 0.1) is 22.1 Å². The lowest BCUT2D eigenvalue weighted by atomic mass is 9.84. The van der Waals surface area contributed by atoms with E-state index in [-0.39, 0.29) is 0 Å². The largest absolute Gasteiger partial charge is 0.247 e. The Bertz CT molecular complexity index is 2820. The molecule has 0 radical (unpaired) electrons. The summed E-state index contributed by atoms with van der Waals surface area (Å²) >= 11 is 0. The topological polar surface area (TPSA) is 24.7 Å². The van der Waals surface area contributed by atoms with Gasteiger partial charge in [-0.15, -0.1) is 0 Å². The molecule has 8 aromatic rings. The van der Waals surface area contributed by atoms with Crippen molar-refractivity contribution in [2.24, 2.45) is 9.98 Å². The van der Waals surface area contributed by atoms with Gasteiger partial charge in [-0.2, -0.15) is 0 Å². The first kappa shape index (κ1) is 26.8.